The van der Waals surface area contributed by atoms with Crippen LogP contribution in [-0.2, 0) is 0 Å². The van der Waals surface area contributed by atoms with E-state index in [2.05, 4.69) is 65.2 Å². The first-order valence-electron chi connectivity index (χ1n) is 7.72. The fourth-order valence-corrected chi connectivity index (χ4v) is 3.64. The van der Waals surface area contributed by atoms with E-state index in [0.29, 0.717) is 12.1 Å². The number of rotatable bonds is 4. The molecule has 1 aliphatic carbocycles. The molecular weight excluding hydrogens is 312 g/mol. The van der Waals surface area contributed by atoms with E-state index < -0.39 is 0 Å². The van der Waals surface area contributed by atoms with Gasteiger partial charge in [-0.1, -0.05) is 41.8 Å². The Labute approximate surface area is 132 Å². The Kier molecular flexibility index (Phi) is 5.50. The fraction of sp³-hybridized carbons (Fsp3) is 0.647. The summed E-state index contributed by atoms with van der Waals surface area (Å²) < 4.78 is 1.16. The van der Waals surface area contributed by atoms with E-state index in [4.69, 9.17) is 0 Å². The lowest BCUT2D eigenvalue weighted by atomic mass is 9.86. The van der Waals surface area contributed by atoms with Gasteiger partial charge in [-0.05, 0) is 50.4 Å². The lowest BCUT2D eigenvalue weighted by Crippen LogP contribution is -2.36. The van der Waals surface area contributed by atoms with Crippen molar-refractivity contribution in [2.24, 2.45) is 5.92 Å². The Hall–Kier alpha value is -0.540. The number of hydrogen-bond acceptors (Lipinski definition) is 2. The quantitative estimate of drug-likeness (QED) is 0.852. The third-order valence-corrected chi connectivity index (χ3v) is 5.22. The van der Waals surface area contributed by atoms with Crippen LogP contribution in [0.4, 0.5) is 5.69 Å². The van der Waals surface area contributed by atoms with Crippen molar-refractivity contribution in [1.29, 1.82) is 0 Å². The Morgan fingerprint density at radius 3 is 2.75 bits per heavy atom. The van der Waals surface area contributed by atoms with Crippen molar-refractivity contribution in [3.63, 3.8) is 0 Å². The first-order chi connectivity index (χ1) is 9.52. The summed E-state index contributed by atoms with van der Waals surface area (Å²) in [6, 6.07) is 7.70. The number of anilines is 1. The molecule has 1 aromatic carbocycles. The Balaban J connectivity index is 2.27. The smallest absolute Gasteiger partial charge is 0.0425 e. The largest absolute Gasteiger partial charge is 0.371 e. The monoisotopic (exact) mass is 338 g/mol. The molecular formula is C17H27BrN2. The predicted molar refractivity (Wildman–Crippen MR) is 91.4 cm³/mol. The molecule has 0 bridgehead atoms. The second kappa shape index (κ2) is 6.95. The highest BCUT2D eigenvalue weighted by molar-refractivity contribution is 9.10. The van der Waals surface area contributed by atoms with E-state index >= 15 is 0 Å². The van der Waals surface area contributed by atoms with Crippen LogP contribution < -0.4 is 10.2 Å². The average molecular weight is 339 g/mol. The molecule has 0 heterocycles. The van der Waals surface area contributed by atoms with Crippen LogP contribution >= 0.6 is 15.9 Å². The number of benzene rings is 1. The molecule has 0 amide bonds. The third kappa shape index (κ3) is 3.56. The van der Waals surface area contributed by atoms with E-state index in [1.54, 1.807) is 0 Å². The Morgan fingerprint density at radius 1 is 1.35 bits per heavy atom. The van der Waals surface area contributed by atoms with Gasteiger partial charge in [0.15, 0.2) is 0 Å². The van der Waals surface area contributed by atoms with Crippen LogP contribution in [0.5, 0.6) is 0 Å². The first-order valence-corrected chi connectivity index (χ1v) is 8.51. The highest BCUT2D eigenvalue weighted by atomic mass is 79.9. The van der Waals surface area contributed by atoms with Crippen molar-refractivity contribution in [3.05, 3.63) is 28.2 Å². The molecule has 0 aromatic heterocycles. The van der Waals surface area contributed by atoms with Crippen molar-refractivity contribution in [3.8, 4) is 0 Å². The summed E-state index contributed by atoms with van der Waals surface area (Å²) in [4.78, 5) is 2.50. The highest BCUT2D eigenvalue weighted by Gasteiger charge is 2.24. The Morgan fingerprint density at radius 2 is 2.10 bits per heavy atom. The van der Waals surface area contributed by atoms with Crippen molar-refractivity contribution in [2.45, 2.75) is 51.6 Å². The van der Waals surface area contributed by atoms with Gasteiger partial charge < -0.3 is 10.2 Å². The van der Waals surface area contributed by atoms with Crippen molar-refractivity contribution in [1.82, 2.24) is 5.32 Å². The predicted octanol–water partition coefficient (Wildman–Crippen LogP) is 4.74. The summed E-state index contributed by atoms with van der Waals surface area (Å²) in [5.41, 5.74) is 2.75. The van der Waals surface area contributed by atoms with E-state index in [1.165, 1.54) is 36.9 Å². The van der Waals surface area contributed by atoms with Gasteiger partial charge in [0.25, 0.3) is 0 Å². The summed E-state index contributed by atoms with van der Waals surface area (Å²) in [6.07, 6.45) is 5.39. The fourth-order valence-electron chi connectivity index (χ4n) is 3.29. The molecule has 1 N–H and O–H groups in total. The lowest BCUT2D eigenvalue weighted by Gasteiger charge is -2.37. The normalized spacial score (nSPS) is 24.4. The van der Waals surface area contributed by atoms with Crippen molar-refractivity contribution >= 4 is 21.6 Å². The maximum Gasteiger partial charge on any atom is 0.0425 e. The maximum atomic E-state index is 3.62. The van der Waals surface area contributed by atoms with Crippen molar-refractivity contribution < 1.29 is 0 Å². The van der Waals surface area contributed by atoms with Gasteiger partial charge in [-0.2, -0.15) is 0 Å². The minimum absolute atomic E-state index is 0.376. The van der Waals surface area contributed by atoms with Crippen LogP contribution in [-0.4, -0.2) is 20.1 Å². The van der Waals surface area contributed by atoms with Crippen LogP contribution in [0.3, 0.4) is 0 Å². The van der Waals surface area contributed by atoms with Gasteiger partial charge in [0, 0.05) is 29.3 Å². The molecule has 1 aromatic rings. The third-order valence-electron chi connectivity index (χ3n) is 4.73. The van der Waals surface area contributed by atoms with E-state index in [-0.39, 0.29) is 0 Å². The van der Waals surface area contributed by atoms with E-state index in [1.807, 2.05) is 7.05 Å². The van der Waals surface area contributed by atoms with Crippen LogP contribution in [0.2, 0.25) is 0 Å². The maximum absolute atomic E-state index is 3.62. The molecule has 1 fully saturated rings. The molecule has 3 heteroatoms. The van der Waals surface area contributed by atoms with Gasteiger partial charge in [0.05, 0.1) is 0 Å². The summed E-state index contributed by atoms with van der Waals surface area (Å²) in [7, 11) is 4.29. The SMILES string of the molecule is CNC(C)c1ccc(Br)cc1N(C)C1CCCC(C)C1. The van der Waals surface area contributed by atoms with Gasteiger partial charge in [-0.15, -0.1) is 0 Å². The van der Waals surface area contributed by atoms with Gasteiger partial charge >= 0.3 is 0 Å². The van der Waals surface area contributed by atoms with Gasteiger partial charge in [0.1, 0.15) is 0 Å². The summed E-state index contributed by atoms with van der Waals surface area (Å²) in [5.74, 6) is 0.855. The molecule has 112 valence electrons. The number of nitrogens with zero attached hydrogens (tertiary/aromatic N) is 1. The minimum atomic E-state index is 0.376. The number of nitrogens with one attached hydrogen (secondary N) is 1. The van der Waals surface area contributed by atoms with Crippen LogP contribution in [0.25, 0.3) is 0 Å². The zero-order valence-corrected chi connectivity index (χ0v) is 14.7. The number of hydrogen-bond donors (Lipinski definition) is 1. The van der Waals surface area contributed by atoms with Crippen LogP contribution in [0.1, 0.15) is 51.1 Å². The topological polar surface area (TPSA) is 15.3 Å². The average Bonchev–Trinajstić information content (AvgIpc) is 2.45. The second-order valence-corrected chi connectivity index (χ2v) is 7.17. The summed E-state index contributed by atoms with van der Waals surface area (Å²) in [5, 5.41) is 3.37. The molecule has 0 saturated heterocycles. The molecule has 1 saturated carbocycles. The van der Waals surface area contributed by atoms with Gasteiger partial charge in [-0.3, -0.25) is 0 Å². The molecule has 0 radical (unpaired) electrons. The zero-order valence-electron chi connectivity index (χ0n) is 13.1. The van der Waals surface area contributed by atoms with Crippen LogP contribution in [0, 0.1) is 5.92 Å². The Bertz CT molecular complexity index is 447. The van der Waals surface area contributed by atoms with E-state index in [9.17, 15) is 0 Å². The highest BCUT2D eigenvalue weighted by Crippen LogP contribution is 2.34. The summed E-state index contributed by atoms with van der Waals surface area (Å²) >= 11 is 3.62. The lowest BCUT2D eigenvalue weighted by molar-refractivity contribution is 0.336. The summed E-state index contributed by atoms with van der Waals surface area (Å²) in [6.45, 7) is 4.61. The first kappa shape index (κ1) is 15.8. The zero-order chi connectivity index (χ0) is 14.7. The number of halogens is 1. The van der Waals surface area contributed by atoms with Crippen LogP contribution in [0.15, 0.2) is 22.7 Å². The van der Waals surface area contributed by atoms with Gasteiger partial charge in [-0.25, -0.2) is 0 Å². The molecule has 0 spiro atoms. The standard InChI is InChI=1S/C17H27BrN2/c1-12-6-5-7-15(10-12)20(4)17-11-14(18)8-9-16(17)13(2)19-3/h8-9,11-13,15,19H,5-7,10H2,1-4H3. The molecule has 1 aliphatic rings. The minimum Gasteiger partial charge on any atom is -0.371 e. The molecule has 3 unspecified atom stereocenters. The van der Waals surface area contributed by atoms with Crippen molar-refractivity contribution in [2.75, 3.05) is 19.0 Å². The van der Waals surface area contributed by atoms with Gasteiger partial charge in [0.2, 0.25) is 0 Å². The molecule has 2 rings (SSSR count). The molecule has 0 aliphatic heterocycles. The second-order valence-electron chi connectivity index (χ2n) is 6.25. The van der Waals surface area contributed by atoms with E-state index in [0.717, 1.165) is 10.4 Å². The molecule has 3 atom stereocenters. The molecule has 20 heavy (non-hydrogen) atoms. The molecule has 2 nitrogen and oxygen atoms in total.